The normalized spacial score (nSPS) is 37.0. The molecule has 3 aliphatic carbocycles. The molecule has 0 bridgehead atoms. The minimum atomic E-state index is -0.237. The third-order valence-corrected chi connectivity index (χ3v) is 7.23. The van der Waals surface area contributed by atoms with Crippen molar-refractivity contribution < 1.29 is 19.4 Å². The number of carbonyl (C=O) groups excluding carboxylic acids is 1. The van der Waals surface area contributed by atoms with Crippen molar-refractivity contribution in [2.45, 2.75) is 57.5 Å². The predicted octanol–water partition coefficient (Wildman–Crippen LogP) is 3.84. The molecule has 4 heteroatoms. The third-order valence-electron chi connectivity index (χ3n) is 7.23. The van der Waals surface area contributed by atoms with Crippen LogP contribution in [0.15, 0.2) is 12.1 Å². The van der Waals surface area contributed by atoms with Gasteiger partial charge in [-0.25, -0.2) is 0 Å². The molecule has 5 unspecified atom stereocenters. The van der Waals surface area contributed by atoms with Crippen LogP contribution in [0.4, 0.5) is 0 Å². The molecular weight excluding hydrogens is 316 g/mol. The molecule has 0 radical (unpaired) electrons. The Bertz CT molecular complexity index is 697. The summed E-state index contributed by atoms with van der Waals surface area (Å²) in [4.78, 5) is 12.8. The lowest BCUT2D eigenvalue weighted by Crippen LogP contribution is -2.54. The number of aromatic hydroxyl groups is 1. The Morgan fingerprint density at radius 3 is 2.72 bits per heavy atom. The highest BCUT2D eigenvalue weighted by molar-refractivity contribution is 5.86. The number of phenolic OH excluding ortho intramolecular Hbond substituents is 1. The molecule has 1 aromatic carbocycles. The molecule has 1 aromatic rings. The molecule has 0 amide bonds. The predicted molar refractivity (Wildman–Crippen MR) is 95.1 cm³/mol. The number of aryl methyl sites for hydroxylation is 1. The zero-order valence-corrected chi connectivity index (χ0v) is 15.4. The average molecular weight is 344 g/mol. The molecular formula is C21H28O4. The molecule has 136 valence electrons. The molecule has 0 aromatic heterocycles. The van der Waals surface area contributed by atoms with Gasteiger partial charge in [0.2, 0.25) is 0 Å². The number of methoxy groups -OCH3 is 2. The van der Waals surface area contributed by atoms with Gasteiger partial charge in [0.1, 0.15) is 5.78 Å². The van der Waals surface area contributed by atoms with Gasteiger partial charge in [0, 0.05) is 24.9 Å². The van der Waals surface area contributed by atoms with Crippen LogP contribution < -0.4 is 4.74 Å². The molecule has 4 nitrogen and oxygen atoms in total. The van der Waals surface area contributed by atoms with Crippen molar-refractivity contribution in [3.05, 3.63) is 23.3 Å². The Hall–Kier alpha value is -1.55. The maximum atomic E-state index is 12.8. The van der Waals surface area contributed by atoms with E-state index in [1.807, 2.05) is 12.1 Å². The van der Waals surface area contributed by atoms with Crippen LogP contribution in [0.5, 0.6) is 11.5 Å². The summed E-state index contributed by atoms with van der Waals surface area (Å²) in [5.74, 6) is 2.36. The highest BCUT2D eigenvalue weighted by Gasteiger charge is 2.56. The van der Waals surface area contributed by atoms with Gasteiger partial charge in [-0.2, -0.15) is 0 Å². The molecule has 0 saturated heterocycles. The van der Waals surface area contributed by atoms with Crippen LogP contribution in [-0.4, -0.2) is 31.2 Å². The van der Waals surface area contributed by atoms with E-state index in [1.165, 1.54) is 11.1 Å². The van der Waals surface area contributed by atoms with E-state index >= 15 is 0 Å². The second kappa shape index (κ2) is 6.01. The standard InChI is InChI=1S/C21H28O4/c1-21-11-18(25-3)20-13(15(21)5-4-6-19(21)23)8-7-12-9-16(22)17(24-2)10-14(12)20/h9-10,13,15,18,20,22H,4-8,11H2,1-3H3. The van der Waals surface area contributed by atoms with E-state index in [1.54, 1.807) is 14.2 Å². The van der Waals surface area contributed by atoms with Gasteiger partial charge in [0.05, 0.1) is 13.2 Å². The SMILES string of the molecule is COc1cc2c(cc1O)CCC1C2C(OC)CC2(C)C(=O)CCCC12. The van der Waals surface area contributed by atoms with Gasteiger partial charge in [-0.3, -0.25) is 4.79 Å². The summed E-state index contributed by atoms with van der Waals surface area (Å²) in [7, 11) is 3.36. The van der Waals surface area contributed by atoms with Crippen LogP contribution in [0.25, 0.3) is 0 Å². The zero-order chi connectivity index (χ0) is 17.8. The fourth-order valence-electron chi connectivity index (χ4n) is 6.00. The van der Waals surface area contributed by atoms with Crippen LogP contribution >= 0.6 is 0 Å². The van der Waals surface area contributed by atoms with Crippen molar-refractivity contribution in [1.82, 2.24) is 0 Å². The highest BCUT2D eigenvalue weighted by Crippen LogP contribution is 2.59. The minimum Gasteiger partial charge on any atom is -0.504 e. The highest BCUT2D eigenvalue weighted by atomic mass is 16.5. The number of phenols is 1. The lowest BCUT2D eigenvalue weighted by Gasteiger charge is -2.55. The van der Waals surface area contributed by atoms with E-state index in [4.69, 9.17) is 9.47 Å². The first-order chi connectivity index (χ1) is 12.0. The smallest absolute Gasteiger partial charge is 0.160 e. The third kappa shape index (κ3) is 2.41. The molecule has 3 aliphatic rings. The average Bonchev–Trinajstić information content (AvgIpc) is 2.61. The largest absolute Gasteiger partial charge is 0.504 e. The minimum absolute atomic E-state index is 0.0431. The lowest BCUT2D eigenvalue weighted by atomic mass is 9.49. The van der Waals surface area contributed by atoms with Crippen LogP contribution in [0.2, 0.25) is 0 Å². The van der Waals surface area contributed by atoms with E-state index in [0.717, 1.165) is 38.5 Å². The van der Waals surface area contributed by atoms with Gasteiger partial charge >= 0.3 is 0 Å². The summed E-state index contributed by atoms with van der Waals surface area (Å²) >= 11 is 0. The van der Waals surface area contributed by atoms with Gasteiger partial charge in [0.25, 0.3) is 0 Å². The molecule has 2 fully saturated rings. The Morgan fingerprint density at radius 2 is 2.00 bits per heavy atom. The summed E-state index contributed by atoms with van der Waals surface area (Å²) < 4.78 is 11.3. The molecule has 5 atom stereocenters. The summed E-state index contributed by atoms with van der Waals surface area (Å²) in [5, 5.41) is 10.1. The monoisotopic (exact) mass is 344 g/mol. The Balaban J connectivity index is 1.80. The lowest BCUT2D eigenvalue weighted by molar-refractivity contribution is -0.149. The number of hydrogen-bond acceptors (Lipinski definition) is 4. The molecule has 1 N–H and O–H groups in total. The fourth-order valence-corrected chi connectivity index (χ4v) is 6.00. The van der Waals surface area contributed by atoms with E-state index in [2.05, 4.69) is 6.92 Å². The van der Waals surface area contributed by atoms with Crippen molar-refractivity contribution in [2.75, 3.05) is 14.2 Å². The first-order valence-corrected chi connectivity index (χ1v) is 9.45. The molecule has 0 spiro atoms. The first kappa shape index (κ1) is 16.9. The maximum Gasteiger partial charge on any atom is 0.160 e. The number of hydrogen-bond donors (Lipinski definition) is 1. The van der Waals surface area contributed by atoms with Gasteiger partial charge in [-0.05, 0) is 67.2 Å². The van der Waals surface area contributed by atoms with Gasteiger partial charge in [-0.1, -0.05) is 6.92 Å². The number of rotatable bonds is 2. The fraction of sp³-hybridized carbons (Fsp3) is 0.667. The number of ketones is 1. The van der Waals surface area contributed by atoms with Crippen molar-refractivity contribution in [3.63, 3.8) is 0 Å². The number of ether oxygens (including phenoxy) is 2. The molecule has 4 rings (SSSR count). The quantitative estimate of drug-likeness (QED) is 0.885. The maximum absolute atomic E-state index is 12.8. The molecule has 25 heavy (non-hydrogen) atoms. The molecule has 2 saturated carbocycles. The van der Waals surface area contributed by atoms with Gasteiger partial charge < -0.3 is 14.6 Å². The van der Waals surface area contributed by atoms with Crippen molar-refractivity contribution >= 4 is 5.78 Å². The zero-order valence-electron chi connectivity index (χ0n) is 15.4. The Morgan fingerprint density at radius 1 is 1.20 bits per heavy atom. The van der Waals surface area contributed by atoms with Crippen LogP contribution in [0, 0.1) is 17.3 Å². The number of fused-ring (bicyclic) bond motifs is 5. The summed E-state index contributed by atoms with van der Waals surface area (Å²) in [6, 6.07) is 3.86. The van der Waals surface area contributed by atoms with Crippen molar-refractivity contribution in [2.24, 2.45) is 17.3 Å². The van der Waals surface area contributed by atoms with E-state index in [-0.39, 0.29) is 23.2 Å². The molecule has 0 aliphatic heterocycles. The number of benzene rings is 1. The topological polar surface area (TPSA) is 55.8 Å². The van der Waals surface area contributed by atoms with Crippen LogP contribution in [0.1, 0.15) is 56.1 Å². The van der Waals surface area contributed by atoms with E-state index < -0.39 is 0 Å². The number of carbonyl (C=O) groups is 1. The summed E-state index contributed by atoms with van der Waals surface area (Å²) in [6.07, 6.45) is 5.75. The van der Waals surface area contributed by atoms with Crippen molar-refractivity contribution in [3.8, 4) is 11.5 Å². The van der Waals surface area contributed by atoms with E-state index in [9.17, 15) is 9.90 Å². The van der Waals surface area contributed by atoms with Gasteiger partial charge in [-0.15, -0.1) is 0 Å². The van der Waals surface area contributed by atoms with Crippen molar-refractivity contribution in [1.29, 1.82) is 0 Å². The Labute approximate surface area is 149 Å². The number of Topliss-reactive ketones (excluding diaryl/α,β-unsaturated/α-hetero) is 1. The second-order valence-electron chi connectivity index (χ2n) is 8.27. The van der Waals surface area contributed by atoms with E-state index in [0.29, 0.717) is 23.4 Å². The summed E-state index contributed by atoms with van der Waals surface area (Å²) in [6.45, 7) is 2.17. The summed E-state index contributed by atoms with van der Waals surface area (Å²) in [5.41, 5.74) is 2.21. The molecule has 0 heterocycles. The van der Waals surface area contributed by atoms with Crippen LogP contribution in [0.3, 0.4) is 0 Å². The Kier molecular flexibility index (Phi) is 4.06. The first-order valence-electron chi connectivity index (χ1n) is 9.45. The van der Waals surface area contributed by atoms with Gasteiger partial charge in [0.15, 0.2) is 11.5 Å². The second-order valence-corrected chi connectivity index (χ2v) is 8.27. The van der Waals surface area contributed by atoms with Crippen LogP contribution in [-0.2, 0) is 16.0 Å².